The highest BCUT2D eigenvalue weighted by Gasteiger charge is 2.30. The Morgan fingerprint density at radius 3 is 2.52 bits per heavy atom. The van der Waals surface area contributed by atoms with E-state index in [0.29, 0.717) is 16.7 Å². The van der Waals surface area contributed by atoms with Crippen LogP contribution < -0.4 is 4.74 Å². The smallest absolute Gasteiger partial charge is 0.416 e. The Kier molecular flexibility index (Phi) is 4.08. The van der Waals surface area contributed by atoms with Crippen LogP contribution in [0.3, 0.4) is 0 Å². The minimum Gasteiger partial charge on any atom is -0.497 e. The number of hydrogen-bond acceptors (Lipinski definition) is 3. The standard InChI is InChI=1S/C18H12F3NO3/c1-25-12-5-6-15-13(8-12)14(17(23)24)9-16(22-15)10-3-2-4-11(7-10)18(19,20)21/h2-9H,1H3,(H,23,24). The number of alkyl halides is 3. The van der Waals surface area contributed by atoms with Crippen molar-refractivity contribution in [3.05, 3.63) is 59.7 Å². The molecule has 0 spiro atoms. The Morgan fingerprint density at radius 1 is 1.12 bits per heavy atom. The quantitative estimate of drug-likeness (QED) is 0.751. The van der Waals surface area contributed by atoms with Crippen LogP contribution in [0.1, 0.15) is 15.9 Å². The van der Waals surface area contributed by atoms with E-state index in [-0.39, 0.29) is 16.8 Å². The minimum absolute atomic E-state index is 0.0590. The number of fused-ring (bicyclic) bond motifs is 1. The van der Waals surface area contributed by atoms with Crippen molar-refractivity contribution < 1.29 is 27.8 Å². The zero-order chi connectivity index (χ0) is 18.2. The van der Waals surface area contributed by atoms with Crippen LogP contribution in [0.4, 0.5) is 13.2 Å². The van der Waals surface area contributed by atoms with Gasteiger partial charge in [-0.15, -0.1) is 0 Å². The molecule has 3 rings (SSSR count). The van der Waals surface area contributed by atoms with Gasteiger partial charge in [0.25, 0.3) is 0 Å². The maximum absolute atomic E-state index is 12.9. The van der Waals surface area contributed by atoms with Crippen molar-refractivity contribution in [2.45, 2.75) is 6.18 Å². The summed E-state index contributed by atoms with van der Waals surface area (Å²) in [6, 6.07) is 10.6. The van der Waals surface area contributed by atoms with E-state index in [2.05, 4.69) is 4.98 Å². The van der Waals surface area contributed by atoms with Gasteiger partial charge in [0.15, 0.2) is 0 Å². The summed E-state index contributed by atoms with van der Waals surface area (Å²) in [5.74, 6) is -0.738. The number of carboxylic acid groups (broad SMARTS) is 1. The summed E-state index contributed by atoms with van der Waals surface area (Å²) in [4.78, 5) is 15.9. The number of halogens is 3. The lowest BCUT2D eigenvalue weighted by Crippen LogP contribution is -2.05. The van der Waals surface area contributed by atoms with Crippen molar-refractivity contribution in [1.82, 2.24) is 4.98 Å². The van der Waals surface area contributed by atoms with Gasteiger partial charge in [0, 0.05) is 10.9 Å². The second-order valence-electron chi connectivity index (χ2n) is 5.32. The van der Waals surface area contributed by atoms with Crippen molar-refractivity contribution in [1.29, 1.82) is 0 Å². The maximum Gasteiger partial charge on any atom is 0.416 e. The third-order valence-electron chi connectivity index (χ3n) is 3.73. The minimum atomic E-state index is -4.49. The van der Waals surface area contributed by atoms with E-state index in [4.69, 9.17) is 4.74 Å². The van der Waals surface area contributed by atoms with Gasteiger partial charge < -0.3 is 9.84 Å². The summed E-state index contributed by atoms with van der Waals surface area (Å²) in [5.41, 5.74) is -0.181. The molecule has 0 fully saturated rings. The molecule has 0 saturated heterocycles. The first-order valence-corrected chi connectivity index (χ1v) is 7.19. The number of rotatable bonds is 3. The van der Waals surface area contributed by atoms with E-state index in [1.807, 2.05) is 0 Å². The number of ether oxygens (including phenoxy) is 1. The largest absolute Gasteiger partial charge is 0.497 e. The number of benzene rings is 2. The molecule has 128 valence electrons. The average molecular weight is 347 g/mol. The number of aromatic nitrogens is 1. The Morgan fingerprint density at radius 2 is 1.88 bits per heavy atom. The van der Waals surface area contributed by atoms with Gasteiger partial charge in [0.05, 0.1) is 29.4 Å². The Bertz CT molecular complexity index is 967. The number of carboxylic acids is 1. The maximum atomic E-state index is 12.9. The van der Waals surface area contributed by atoms with Gasteiger partial charge in [-0.1, -0.05) is 12.1 Å². The van der Waals surface area contributed by atoms with Crippen molar-refractivity contribution in [2.75, 3.05) is 7.11 Å². The molecule has 1 heterocycles. The van der Waals surface area contributed by atoms with E-state index in [1.54, 1.807) is 12.1 Å². The summed E-state index contributed by atoms with van der Waals surface area (Å²) >= 11 is 0. The third kappa shape index (κ3) is 3.26. The van der Waals surface area contributed by atoms with Crippen LogP contribution in [-0.4, -0.2) is 23.2 Å². The second-order valence-corrected chi connectivity index (χ2v) is 5.32. The van der Waals surface area contributed by atoms with Gasteiger partial charge in [-0.3, -0.25) is 0 Å². The molecular weight excluding hydrogens is 335 g/mol. The van der Waals surface area contributed by atoms with E-state index in [0.717, 1.165) is 12.1 Å². The molecule has 0 bridgehead atoms. The van der Waals surface area contributed by atoms with Gasteiger partial charge in [-0.25, -0.2) is 9.78 Å². The predicted octanol–water partition coefficient (Wildman–Crippen LogP) is 4.63. The fraction of sp³-hybridized carbons (Fsp3) is 0.111. The highest BCUT2D eigenvalue weighted by Crippen LogP contribution is 2.33. The summed E-state index contributed by atoms with van der Waals surface area (Å²) in [5, 5.41) is 9.80. The monoisotopic (exact) mass is 347 g/mol. The Labute approximate surface area is 140 Å². The highest BCUT2D eigenvalue weighted by molar-refractivity contribution is 6.04. The Balaban J connectivity index is 2.23. The first kappa shape index (κ1) is 16.8. The van der Waals surface area contributed by atoms with Crippen LogP contribution in [0.5, 0.6) is 5.75 Å². The number of pyridine rings is 1. The summed E-state index contributed by atoms with van der Waals surface area (Å²) < 4.78 is 43.8. The number of aromatic carboxylic acids is 1. The fourth-order valence-electron chi connectivity index (χ4n) is 2.51. The fourth-order valence-corrected chi connectivity index (χ4v) is 2.51. The molecule has 0 radical (unpaired) electrons. The van der Waals surface area contributed by atoms with Crippen molar-refractivity contribution in [2.24, 2.45) is 0 Å². The highest BCUT2D eigenvalue weighted by atomic mass is 19.4. The molecule has 7 heteroatoms. The van der Waals surface area contributed by atoms with Crippen LogP contribution in [0, 0.1) is 0 Å². The number of nitrogens with zero attached hydrogens (tertiary/aromatic N) is 1. The lowest BCUT2D eigenvalue weighted by molar-refractivity contribution is -0.137. The van der Waals surface area contributed by atoms with Gasteiger partial charge in [-0.05, 0) is 36.4 Å². The molecule has 0 unspecified atom stereocenters. The molecule has 2 aromatic carbocycles. The molecule has 0 saturated carbocycles. The van der Waals surface area contributed by atoms with E-state index in [9.17, 15) is 23.1 Å². The SMILES string of the molecule is COc1ccc2nc(-c3cccc(C(F)(F)F)c3)cc(C(=O)O)c2c1. The molecule has 0 atom stereocenters. The lowest BCUT2D eigenvalue weighted by Gasteiger charge is -2.11. The van der Waals surface area contributed by atoms with Crippen molar-refractivity contribution in [3.63, 3.8) is 0 Å². The summed E-state index contributed by atoms with van der Waals surface area (Å²) in [6.07, 6.45) is -4.49. The molecule has 0 aliphatic heterocycles. The topological polar surface area (TPSA) is 59.4 Å². The number of hydrogen-bond donors (Lipinski definition) is 1. The summed E-state index contributed by atoms with van der Waals surface area (Å²) in [6.45, 7) is 0. The molecule has 25 heavy (non-hydrogen) atoms. The molecule has 1 N–H and O–H groups in total. The molecule has 4 nitrogen and oxygen atoms in total. The first-order chi connectivity index (χ1) is 11.8. The molecule has 1 aromatic heterocycles. The molecule has 0 aliphatic carbocycles. The second kappa shape index (κ2) is 6.08. The molecule has 0 amide bonds. The van der Waals surface area contributed by atoms with Gasteiger partial charge in [0.2, 0.25) is 0 Å². The normalized spacial score (nSPS) is 11.5. The lowest BCUT2D eigenvalue weighted by atomic mass is 10.0. The van der Waals surface area contributed by atoms with Crippen LogP contribution in [0.25, 0.3) is 22.2 Å². The third-order valence-corrected chi connectivity index (χ3v) is 3.73. The van der Waals surface area contributed by atoms with Gasteiger partial charge in [0.1, 0.15) is 5.75 Å². The van der Waals surface area contributed by atoms with Gasteiger partial charge >= 0.3 is 12.1 Å². The van der Waals surface area contributed by atoms with Crippen molar-refractivity contribution in [3.8, 4) is 17.0 Å². The zero-order valence-electron chi connectivity index (χ0n) is 13.0. The Hall–Kier alpha value is -3.09. The first-order valence-electron chi connectivity index (χ1n) is 7.19. The predicted molar refractivity (Wildman–Crippen MR) is 85.7 cm³/mol. The number of carbonyl (C=O) groups is 1. The number of methoxy groups -OCH3 is 1. The molecular formula is C18H12F3NO3. The van der Waals surface area contributed by atoms with Crippen LogP contribution in [0.15, 0.2) is 48.5 Å². The average Bonchev–Trinajstić information content (AvgIpc) is 2.59. The van der Waals surface area contributed by atoms with Crippen molar-refractivity contribution >= 4 is 16.9 Å². The van der Waals surface area contributed by atoms with E-state index >= 15 is 0 Å². The van der Waals surface area contributed by atoms with E-state index < -0.39 is 17.7 Å². The van der Waals surface area contributed by atoms with Crippen LogP contribution in [-0.2, 0) is 6.18 Å². The summed E-state index contributed by atoms with van der Waals surface area (Å²) in [7, 11) is 1.45. The molecule has 0 aliphatic rings. The van der Waals surface area contributed by atoms with Crippen LogP contribution >= 0.6 is 0 Å². The zero-order valence-corrected chi connectivity index (χ0v) is 13.0. The molecule has 3 aromatic rings. The van der Waals surface area contributed by atoms with E-state index in [1.165, 1.54) is 31.4 Å². The van der Waals surface area contributed by atoms with Gasteiger partial charge in [-0.2, -0.15) is 13.2 Å². The van der Waals surface area contributed by atoms with Crippen LogP contribution in [0.2, 0.25) is 0 Å².